The van der Waals surface area contributed by atoms with E-state index in [1.807, 2.05) is 39.0 Å². The van der Waals surface area contributed by atoms with E-state index < -0.39 is 15.7 Å². The number of amides is 1. The SMILES string of the molecule is CC(C)(C)OC(=O)N1CCN(Cc2ccccc2)C[C@@H]1CCOS(C)(=O)=O. The van der Waals surface area contributed by atoms with E-state index in [9.17, 15) is 13.2 Å². The predicted molar refractivity (Wildman–Crippen MR) is 104 cm³/mol. The third kappa shape index (κ3) is 7.86. The smallest absolute Gasteiger partial charge is 0.410 e. The molecule has 1 atom stereocenters. The van der Waals surface area contributed by atoms with Gasteiger partial charge in [-0.1, -0.05) is 30.3 Å². The van der Waals surface area contributed by atoms with Crippen LogP contribution >= 0.6 is 0 Å². The lowest BCUT2D eigenvalue weighted by molar-refractivity contribution is -0.00543. The number of hydrogen-bond donors (Lipinski definition) is 0. The summed E-state index contributed by atoms with van der Waals surface area (Å²) in [6.45, 7) is 8.23. The second-order valence-corrected chi connectivity index (χ2v) is 9.51. The molecule has 1 aliphatic rings. The Hall–Kier alpha value is -1.64. The number of hydrogen-bond acceptors (Lipinski definition) is 6. The van der Waals surface area contributed by atoms with Gasteiger partial charge in [-0.2, -0.15) is 8.42 Å². The maximum Gasteiger partial charge on any atom is 0.410 e. The summed E-state index contributed by atoms with van der Waals surface area (Å²) in [5.41, 5.74) is 0.626. The molecule has 0 spiro atoms. The molecule has 0 radical (unpaired) electrons. The third-order valence-corrected chi connectivity index (χ3v) is 4.79. The molecule has 0 N–H and O–H groups in total. The molecule has 27 heavy (non-hydrogen) atoms. The van der Waals surface area contributed by atoms with Crippen LogP contribution in [-0.2, 0) is 25.6 Å². The standard InChI is InChI=1S/C19H30N2O5S/c1-19(2,3)26-18(22)21-12-11-20(14-16-8-6-5-7-9-16)15-17(21)10-13-25-27(4,23)24/h5-9,17H,10-15H2,1-4H3/t17-/m0/s1. The minimum Gasteiger partial charge on any atom is -0.444 e. The lowest BCUT2D eigenvalue weighted by atomic mass is 10.1. The second kappa shape index (κ2) is 9.03. The topological polar surface area (TPSA) is 76.2 Å². The van der Waals surface area contributed by atoms with E-state index in [1.165, 1.54) is 5.56 Å². The largest absolute Gasteiger partial charge is 0.444 e. The van der Waals surface area contributed by atoms with E-state index in [4.69, 9.17) is 8.92 Å². The number of piperazine rings is 1. The summed E-state index contributed by atoms with van der Waals surface area (Å²) in [6.07, 6.45) is 1.09. The van der Waals surface area contributed by atoms with Crippen molar-refractivity contribution in [3.8, 4) is 0 Å². The third-order valence-electron chi connectivity index (χ3n) is 4.19. The molecule has 1 saturated heterocycles. The molecule has 1 fully saturated rings. The Morgan fingerprint density at radius 2 is 1.85 bits per heavy atom. The van der Waals surface area contributed by atoms with E-state index in [0.717, 1.165) is 19.3 Å². The number of carbonyl (C=O) groups is 1. The summed E-state index contributed by atoms with van der Waals surface area (Å²) in [4.78, 5) is 16.5. The molecule has 1 amide bonds. The second-order valence-electron chi connectivity index (χ2n) is 7.86. The van der Waals surface area contributed by atoms with Gasteiger partial charge in [-0.3, -0.25) is 9.08 Å². The van der Waals surface area contributed by atoms with Crippen LogP contribution in [0.5, 0.6) is 0 Å². The summed E-state index contributed by atoms with van der Waals surface area (Å²) in [7, 11) is -3.50. The molecule has 0 saturated carbocycles. The first-order chi connectivity index (χ1) is 12.5. The minimum absolute atomic E-state index is 0.0436. The zero-order chi connectivity index (χ0) is 20.1. The molecule has 1 aromatic carbocycles. The highest BCUT2D eigenvalue weighted by Gasteiger charge is 2.33. The van der Waals surface area contributed by atoms with Crippen molar-refractivity contribution >= 4 is 16.2 Å². The van der Waals surface area contributed by atoms with Crippen LogP contribution in [0.3, 0.4) is 0 Å². The lowest BCUT2D eigenvalue weighted by Gasteiger charge is -2.41. The average Bonchev–Trinajstić information content (AvgIpc) is 2.53. The van der Waals surface area contributed by atoms with Crippen LogP contribution in [0.25, 0.3) is 0 Å². The first kappa shape index (κ1) is 21.7. The summed E-state index contributed by atoms with van der Waals surface area (Å²) in [6, 6.07) is 9.96. The van der Waals surface area contributed by atoms with Gasteiger partial charge in [0.15, 0.2) is 0 Å². The molecule has 0 aliphatic carbocycles. The summed E-state index contributed by atoms with van der Waals surface area (Å²) in [5.74, 6) is 0. The van der Waals surface area contributed by atoms with Gasteiger partial charge < -0.3 is 9.64 Å². The number of carbonyl (C=O) groups excluding carboxylic acids is 1. The molecule has 1 heterocycles. The van der Waals surface area contributed by atoms with Crippen molar-refractivity contribution in [1.29, 1.82) is 0 Å². The fraction of sp³-hybridized carbons (Fsp3) is 0.632. The van der Waals surface area contributed by atoms with E-state index in [2.05, 4.69) is 17.0 Å². The van der Waals surface area contributed by atoms with Gasteiger partial charge in [-0.05, 0) is 32.8 Å². The highest BCUT2D eigenvalue weighted by molar-refractivity contribution is 7.85. The van der Waals surface area contributed by atoms with Crippen LogP contribution in [0.15, 0.2) is 30.3 Å². The zero-order valence-corrected chi connectivity index (χ0v) is 17.4. The van der Waals surface area contributed by atoms with Crippen molar-refractivity contribution in [2.45, 2.75) is 45.4 Å². The highest BCUT2D eigenvalue weighted by Crippen LogP contribution is 2.19. The molecule has 1 aromatic rings. The molecule has 7 nitrogen and oxygen atoms in total. The van der Waals surface area contributed by atoms with Gasteiger partial charge in [0, 0.05) is 26.2 Å². The van der Waals surface area contributed by atoms with Crippen molar-refractivity contribution in [2.24, 2.45) is 0 Å². The molecule has 152 valence electrons. The number of rotatable bonds is 6. The van der Waals surface area contributed by atoms with Crippen LogP contribution in [-0.4, -0.2) is 68.5 Å². The van der Waals surface area contributed by atoms with Crippen molar-refractivity contribution in [2.75, 3.05) is 32.5 Å². The molecule has 0 bridgehead atoms. The van der Waals surface area contributed by atoms with Crippen molar-refractivity contribution in [1.82, 2.24) is 9.80 Å². The molecular weight excluding hydrogens is 368 g/mol. The highest BCUT2D eigenvalue weighted by atomic mass is 32.2. The lowest BCUT2D eigenvalue weighted by Crippen LogP contribution is -2.56. The molecule has 2 rings (SSSR count). The summed E-state index contributed by atoms with van der Waals surface area (Å²) >= 11 is 0. The van der Waals surface area contributed by atoms with E-state index >= 15 is 0 Å². The van der Waals surface area contributed by atoms with Crippen molar-refractivity contribution in [3.05, 3.63) is 35.9 Å². The van der Waals surface area contributed by atoms with E-state index in [0.29, 0.717) is 19.5 Å². The maximum absolute atomic E-state index is 12.6. The molecule has 1 aliphatic heterocycles. The molecule has 0 aromatic heterocycles. The Balaban J connectivity index is 2.03. The van der Waals surface area contributed by atoms with Crippen molar-refractivity contribution in [3.63, 3.8) is 0 Å². The van der Waals surface area contributed by atoms with Gasteiger partial charge in [-0.25, -0.2) is 4.79 Å². The van der Waals surface area contributed by atoms with Crippen LogP contribution in [0, 0.1) is 0 Å². The zero-order valence-electron chi connectivity index (χ0n) is 16.6. The maximum atomic E-state index is 12.6. The van der Waals surface area contributed by atoms with Crippen LogP contribution in [0.4, 0.5) is 4.79 Å². The quantitative estimate of drug-likeness (QED) is 0.685. The Kier molecular flexibility index (Phi) is 7.25. The van der Waals surface area contributed by atoms with E-state index in [-0.39, 0.29) is 18.7 Å². The Morgan fingerprint density at radius 1 is 1.19 bits per heavy atom. The van der Waals surface area contributed by atoms with Gasteiger partial charge >= 0.3 is 6.09 Å². The van der Waals surface area contributed by atoms with Crippen LogP contribution < -0.4 is 0 Å². The number of nitrogens with zero attached hydrogens (tertiary/aromatic N) is 2. The van der Waals surface area contributed by atoms with Crippen LogP contribution in [0.2, 0.25) is 0 Å². The molecule has 0 unspecified atom stereocenters. The van der Waals surface area contributed by atoms with Crippen molar-refractivity contribution < 1.29 is 22.1 Å². The minimum atomic E-state index is -3.50. The van der Waals surface area contributed by atoms with Gasteiger partial charge in [0.05, 0.1) is 18.9 Å². The predicted octanol–water partition coefficient (Wildman–Crippen LogP) is 2.47. The molecular formula is C19H30N2O5S. The first-order valence-corrected chi connectivity index (χ1v) is 11.0. The Labute approximate surface area is 162 Å². The summed E-state index contributed by atoms with van der Waals surface area (Å²) in [5, 5.41) is 0. The number of ether oxygens (including phenoxy) is 1. The normalized spacial score (nSPS) is 19.1. The molecule has 8 heteroatoms. The van der Waals surface area contributed by atoms with Gasteiger partial charge in [0.25, 0.3) is 10.1 Å². The fourth-order valence-corrected chi connectivity index (χ4v) is 3.45. The monoisotopic (exact) mass is 398 g/mol. The first-order valence-electron chi connectivity index (χ1n) is 9.14. The number of benzene rings is 1. The Bertz CT molecular complexity index is 715. The average molecular weight is 399 g/mol. The summed E-state index contributed by atoms with van der Waals surface area (Å²) < 4.78 is 32.9. The Morgan fingerprint density at radius 3 is 2.44 bits per heavy atom. The van der Waals surface area contributed by atoms with Gasteiger partial charge in [0.1, 0.15) is 5.60 Å². The fourth-order valence-electron chi connectivity index (χ4n) is 3.05. The van der Waals surface area contributed by atoms with Crippen LogP contribution in [0.1, 0.15) is 32.8 Å². The van der Waals surface area contributed by atoms with Gasteiger partial charge in [-0.15, -0.1) is 0 Å². The van der Waals surface area contributed by atoms with Gasteiger partial charge in [0.2, 0.25) is 0 Å². The van der Waals surface area contributed by atoms with E-state index in [1.54, 1.807) is 4.90 Å².